The highest BCUT2D eigenvalue weighted by Gasteiger charge is 2.39. The molecule has 100 valence electrons. The van der Waals surface area contributed by atoms with Crippen molar-refractivity contribution in [3.05, 3.63) is 17.0 Å². The van der Waals surface area contributed by atoms with Gasteiger partial charge in [0.1, 0.15) is 9.09 Å². The lowest BCUT2D eigenvalue weighted by atomic mass is 9.76. The van der Waals surface area contributed by atoms with Gasteiger partial charge in [-0.1, -0.05) is 6.92 Å². The maximum atomic E-state index is 12.1. The fourth-order valence-corrected chi connectivity index (χ4v) is 4.72. The average molecular weight is 289 g/mol. The van der Waals surface area contributed by atoms with Crippen molar-refractivity contribution < 1.29 is 18.3 Å². The number of rotatable bonds is 5. The van der Waals surface area contributed by atoms with Gasteiger partial charge in [0.25, 0.3) is 10.0 Å². The monoisotopic (exact) mass is 289 g/mol. The van der Waals surface area contributed by atoms with Gasteiger partial charge in [-0.05, 0) is 37.8 Å². The molecule has 1 saturated carbocycles. The van der Waals surface area contributed by atoms with Crippen LogP contribution in [0.3, 0.4) is 0 Å². The van der Waals surface area contributed by atoms with E-state index >= 15 is 0 Å². The van der Waals surface area contributed by atoms with Crippen LogP contribution in [0.4, 0.5) is 0 Å². The molecule has 1 heterocycles. The molecule has 1 aromatic rings. The van der Waals surface area contributed by atoms with Crippen molar-refractivity contribution in [2.45, 2.75) is 42.4 Å². The molecule has 1 aliphatic rings. The topological polar surface area (TPSA) is 83.5 Å². The molecule has 0 aliphatic heterocycles. The third-order valence-corrected chi connectivity index (χ3v) is 6.54. The molecule has 2 rings (SSSR count). The molecule has 0 aromatic carbocycles. The van der Waals surface area contributed by atoms with Gasteiger partial charge in [-0.2, -0.15) is 0 Å². The van der Waals surface area contributed by atoms with Gasteiger partial charge in [-0.15, -0.1) is 11.3 Å². The molecule has 0 atom stereocenters. The molecule has 5 nitrogen and oxygen atoms in total. The summed E-state index contributed by atoms with van der Waals surface area (Å²) in [5, 5.41) is 8.80. The van der Waals surface area contributed by atoms with Crippen LogP contribution in [-0.4, -0.2) is 25.0 Å². The fraction of sp³-hybridized carbons (Fsp3) is 0.545. The normalized spacial score (nSPS) is 18.3. The predicted octanol–water partition coefficient (Wildman–Crippen LogP) is 2.06. The maximum Gasteiger partial charge on any atom is 0.345 e. The van der Waals surface area contributed by atoms with E-state index in [4.69, 9.17) is 5.11 Å². The smallest absolute Gasteiger partial charge is 0.345 e. The minimum absolute atomic E-state index is 0.0366. The highest BCUT2D eigenvalue weighted by atomic mass is 32.2. The first-order valence-corrected chi connectivity index (χ1v) is 8.06. The number of thiophene rings is 1. The summed E-state index contributed by atoms with van der Waals surface area (Å²) in [6, 6.07) is 2.67. The first-order chi connectivity index (χ1) is 8.38. The lowest BCUT2D eigenvalue weighted by molar-refractivity contribution is 0.0702. The van der Waals surface area contributed by atoms with Crippen LogP contribution in [0.5, 0.6) is 0 Å². The summed E-state index contributed by atoms with van der Waals surface area (Å²) in [5.74, 6) is -1.10. The second-order valence-electron chi connectivity index (χ2n) is 4.52. The summed E-state index contributed by atoms with van der Waals surface area (Å²) >= 11 is 0.784. The van der Waals surface area contributed by atoms with Gasteiger partial charge in [0.2, 0.25) is 0 Å². The van der Waals surface area contributed by atoms with Gasteiger partial charge >= 0.3 is 5.97 Å². The van der Waals surface area contributed by atoms with Crippen LogP contribution in [0, 0.1) is 0 Å². The molecule has 0 spiro atoms. The van der Waals surface area contributed by atoms with Crippen LogP contribution in [-0.2, 0) is 10.0 Å². The number of carboxylic acids is 1. The number of carboxylic acid groups (broad SMARTS) is 1. The molecule has 1 fully saturated rings. The fourth-order valence-electron chi connectivity index (χ4n) is 2.05. The van der Waals surface area contributed by atoms with Crippen molar-refractivity contribution in [1.29, 1.82) is 0 Å². The number of sulfonamides is 1. The van der Waals surface area contributed by atoms with E-state index in [1.54, 1.807) is 0 Å². The minimum atomic E-state index is -3.60. The number of aromatic carboxylic acids is 1. The van der Waals surface area contributed by atoms with E-state index < -0.39 is 16.0 Å². The van der Waals surface area contributed by atoms with Crippen molar-refractivity contribution in [1.82, 2.24) is 4.72 Å². The average Bonchev–Trinajstić information content (AvgIpc) is 2.73. The Morgan fingerprint density at radius 1 is 1.50 bits per heavy atom. The van der Waals surface area contributed by atoms with Crippen LogP contribution in [0.25, 0.3) is 0 Å². The summed E-state index contributed by atoms with van der Waals surface area (Å²) in [5.41, 5.74) is -0.327. The molecule has 1 aromatic heterocycles. The summed E-state index contributed by atoms with van der Waals surface area (Å²) in [4.78, 5) is 10.8. The number of hydrogen-bond acceptors (Lipinski definition) is 4. The van der Waals surface area contributed by atoms with E-state index in [1.807, 2.05) is 6.92 Å². The Kier molecular flexibility index (Phi) is 3.48. The second-order valence-corrected chi connectivity index (χ2v) is 7.51. The molecule has 18 heavy (non-hydrogen) atoms. The summed E-state index contributed by atoms with van der Waals surface area (Å²) in [6.45, 7) is 1.96. The van der Waals surface area contributed by atoms with Crippen molar-refractivity contribution in [3.63, 3.8) is 0 Å². The van der Waals surface area contributed by atoms with Gasteiger partial charge in [0.05, 0.1) is 0 Å². The molecular weight excluding hydrogens is 274 g/mol. The van der Waals surface area contributed by atoms with Crippen LogP contribution in [0.2, 0.25) is 0 Å². The van der Waals surface area contributed by atoms with Crippen molar-refractivity contribution >= 4 is 27.3 Å². The Labute approximate surface area is 110 Å². The van der Waals surface area contributed by atoms with Gasteiger partial charge < -0.3 is 5.11 Å². The molecule has 0 saturated heterocycles. The molecule has 7 heteroatoms. The molecule has 2 N–H and O–H groups in total. The minimum Gasteiger partial charge on any atom is -0.477 e. The molecule has 1 aliphatic carbocycles. The van der Waals surface area contributed by atoms with E-state index in [0.29, 0.717) is 0 Å². The highest BCUT2D eigenvalue weighted by Crippen LogP contribution is 2.36. The van der Waals surface area contributed by atoms with Gasteiger partial charge in [0, 0.05) is 5.54 Å². The van der Waals surface area contributed by atoms with E-state index in [1.165, 1.54) is 12.1 Å². The summed E-state index contributed by atoms with van der Waals surface area (Å²) < 4.78 is 27.1. The number of nitrogens with one attached hydrogen (secondary N) is 1. The van der Waals surface area contributed by atoms with E-state index in [-0.39, 0.29) is 14.6 Å². The molecular formula is C11H15NO4S2. The van der Waals surface area contributed by atoms with Crippen molar-refractivity contribution in [2.24, 2.45) is 0 Å². The maximum absolute atomic E-state index is 12.1. The Hall–Kier alpha value is -0.920. The Bertz CT molecular complexity index is 552. The largest absolute Gasteiger partial charge is 0.477 e. The van der Waals surface area contributed by atoms with Crippen LogP contribution >= 0.6 is 11.3 Å². The molecule has 0 unspecified atom stereocenters. The lowest BCUT2D eigenvalue weighted by Crippen LogP contribution is -2.52. The van der Waals surface area contributed by atoms with Crippen LogP contribution in [0.1, 0.15) is 42.3 Å². The summed E-state index contributed by atoms with van der Waals surface area (Å²) in [6.07, 6.45) is 3.48. The Balaban J connectivity index is 2.22. The van der Waals surface area contributed by atoms with E-state index in [0.717, 1.165) is 37.0 Å². The molecule has 0 radical (unpaired) electrons. The molecule has 0 amide bonds. The Morgan fingerprint density at radius 2 is 2.17 bits per heavy atom. The summed E-state index contributed by atoms with van der Waals surface area (Å²) in [7, 11) is -3.60. The first-order valence-electron chi connectivity index (χ1n) is 5.76. The van der Waals surface area contributed by atoms with Crippen molar-refractivity contribution in [3.8, 4) is 0 Å². The predicted molar refractivity (Wildman–Crippen MR) is 68.5 cm³/mol. The lowest BCUT2D eigenvalue weighted by Gasteiger charge is -2.41. The number of hydrogen-bond donors (Lipinski definition) is 2. The number of carbonyl (C=O) groups is 1. The Morgan fingerprint density at radius 3 is 2.56 bits per heavy atom. The van der Waals surface area contributed by atoms with Crippen molar-refractivity contribution in [2.75, 3.05) is 0 Å². The zero-order valence-corrected chi connectivity index (χ0v) is 11.6. The van der Waals surface area contributed by atoms with Gasteiger partial charge in [0.15, 0.2) is 0 Å². The van der Waals surface area contributed by atoms with Crippen LogP contribution in [0.15, 0.2) is 16.3 Å². The van der Waals surface area contributed by atoms with Gasteiger partial charge in [-0.25, -0.2) is 17.9 Å². The van der Waals surface area contributed by atoms with E-state index in [2.05, 4.69) is 4.72 Å². The molecule has 0 bridgehead atoms. The quantitative estimate of drug-likeness (QED) is 0.869. The second kappa shape index (κ2) is 4.64. The first kappa shape index (κ1) is 13.5. The third kappa shape index (κ3) is 2.43. The van der Waals surface area contributed by atoms with Crippen LogP contribution < -0.4 is 4.72 Å². The van der Waals surface area contributed by atoms with Gasteiger partial charge in [-0.3, -0.25) is 0 Å². The zero-order valence-electron chi connectivity index (χ0n) is 9.97. The SMILES string of the molecule is CCC1(NS(=O)(=O)c2ccc(C(=O)O)s2)CCC1. The standard InChI is InChI=1S/C11H15NO4S2/c1-2-11(6-3-7-11)12-18(15,16)9-5-4-8(17-9)10(13)14/h4-5,12H,2-3,6-7H2,1H3,(H,13,14). The highest BCUT2D eigenvalue weighted by molar-refractivity contribution is 7.91. The zero-order chi connectivity index (χ0) is 13.4. The van der Waals surface area contributed by atoms with E-state index in [9.17, 15) is 13.2 Å². The third-order valence-electron chi connectivity index (χ3n) is 3.40.